The third-order valence-corrected chi connectivity index (χ3v) is 4.27. The van der Waals surface area contributed by atoms with Gasteiger partial charge in [-0.2, -0.15) is 0 Å². The molecule has 130 valence electrons. The third-order valence-electron chi connectivity index (χ3n) is 4.27. The van der Waals surface area contributed by atoms with Gasteiger partial charge in [0.15, 0.2) is 0 Å². The molecule has 2 unspecified atom stereocenters. The number of rotatable bonds is 4. The van der Waals surface area contributed by atoms with Crippen LogP contribution in [0.15, 0.2) is 36.4 Å². The quantitative estimate of drug-likeness (QED) is 0.908. The number of aliphatic hydroxyl groups excluding tert-OH is 1. The standard InChI is InChI=1S/C13H25NO3.C6H6/c1-10(13(2,3)4)14-8-7-11(6-5-9-15)17-12(14)16;1-2-4-6-5-3-1/h10-11,15H,5-9H2,1-4H3;1-6H. The molecule has 0 aromatic heterocycles. The highest BCUT2D eigenvalue weighted by Gasteiger charge is 2.34. The Morgan fingerprint density at radius 3 is 2.13 bits per heavy atom. The van der Waals surface area contributed by atoms with Gasteiger partial charge in [0.05, 0.1) is 0 Å². The van der Waals surface area contributed by atoms with Crippen molar-refractivity contribution in [2.45, 2.75) is 59.1 Å². The van der Waals surface area contributed by atoms with Crippen LogP contribution < -0.4 is 0 Å². The number of nitrogens with zero attached hydrogens (tertiary/aromatic N) is 1. The third kappa shape index (κ3) is 7.04. The van der Waals surface area contributed by atoms with Gasteiger partial charge in [-0.3, -0.25) is 0 Å². The van der Waals surface area contributed by atoms with Crippen LogP contribution >= 0.6 is 0 Å². The molecule has 1 N–H and O–H groups in total. The van der Waals surface area contributed by atoms with E-state index in [0.29, 0.717) is 6.42 Å². The average Bonchev–Trinajstić information content (AvgIpc) is 2.54. The predicted octanol–water partition coefficient (Wildman–Crippen LogP) is 4.09. The largest absolute Gasteiger partial charge is 0.446 e. The second-order valence-corrected chi connectivity index (χ2v) is 7.05. The maximum Gasteiger partial charge on any atom is 0.410 e. The molecule has 1 aromatic rings. The van der Waals surface area contributed by atoms with Crippen LogP contribution in [-0.2, 0) is 4.74 Å². The monoisotopic (exact) mass is 321 g/mol. The predicted molar refractivity (Wildman–Crippen MR) is 93.3 cm³/mol. The fraction of sp³-hybridized carbons (Fsp3) is 0.632. The Labute approximate surface area is 140 Å². The molecule has 1 aromatic carbocycles. The molecule has 1 aliphatic heterocycles. The minimum atomic E-state index is -0.207. The second kappa shape index (κ2) is 9.56. The molecule has 0 bridgehead atoms. The Morgan fingerprint density at radius 1 is 1.22 bits per heavy atom. The van der Waals surface area contributed by atoms with Gasteiger partial charge >= 0.3 is 6.09 Å². The zero-order valence-electron chi connectivity index (χ0n) is 14.9. The summed E-state index contributed by atoms with van der Waals surface area (Å²) in [6.45, 7) is 9.37. The van der Waals surface area contributed by atoms with E-state index in [1.165, 1.54) is 0 Å². The van der Waals surface area contributed by atoms with Crippen molar-refractivity contribution in [2.75, 3.05) is 13.2 Å². The highest BCUT2D eigenvalue weighted by molar-refractivity contribution is 5.69. The summed E-state index contributed by atoms with van der Waals surface area (Å²) in [6, 6.07) is 12.2. The number of benzene rings is 1. The maximum absolute atomic E-state index is 11.9. The lowest BCUT2D eigenvalue weighted by Gasteiger charge is -2.41. The first kappa shape index (κ1) is 19.5. The molecule has 1 heterocycles. The minimum absolute atomic E-state index is 0.0157. The first-order valence-corrected chi connectivity index (χ1v) is 8.44. The van der Waals surface area contributed by atoms with Crippen molar-refractivity contribution in [3.8, 4) is 0 Å². The van der Waals surface area contributed by atoms with E-state index in [1.54, 1.807) is 0 Å². The van der Waals surface area contributed by atoms with E-state index in [0.717, 1.165) is 19.4 Å². The van der Waals surface area contributed by atoms with Gasteiger partial charge in [0.25, 0.3) is 0 Å². The van der Waals surface area contributed by atoms with E-state index < -0.39 is 0 Å². The lowest BCUT2D eigenvalue weighted by molar-refractivity contribution is -0.00805. The highest BCUT2D eigenvalue weighted by atomic mass is 16.6. The highest BCUT2D eigenvalue weighted by Crippen LogP contribution is 2.27. The normalized spacial score (nSPS) is 19.4. The van der Waals surface area contributed by atoms with Gasteiger partial charge in [-0.25, -0.2) is 4.79 Å². The van der Waals surface area contributed by atoms with E-state index in [4.69, 9.17) is 9.84 Å². The summed E-state index contributed by atoms with van der Waals surface area (Å²) in [7, 11) is 0. The van der Waals surface area contributed by atoms with Crippen LogP contribution in [0.4, 0.5) is 4.79 Å². The number of ether oxygens (including phenoxy) is 1. The van der Waals surface area contributed by atoms with Crippen LogP contribution in [0.1, 0.15) is 47.0 Å². The molecule has 23 heavy (non-hydrogen) atoms. The molecule has 4 heteroatoms. The second-order valence-electron chi connectivity index (χ2n) is 7.05. The van der Waals surface area contributed by atoms with Crippen molar-refractivity contribution in [1.29, 1.82) is 0 Å². The molecule has 4 nitrogen and oxygen atoms in total. The summed E-state index contributed by atoms with van der Waals surface area (Å²) in [4.78, 5) is 13.7. The van der Waals surface area contributed by atoms with Crippen molar-refractivity contribution in [2.24, 2.45) is 5.41 Å². The number of amides is 1. The summed E-state index contributed by atoms with van der Waals surface area (Å²) < 4.78 is 5.39. The van der Waals surface area contributed by atoms with Crippen LogP contribution in [-0.4, -0.2) is 41.4 Å². The van der Waals surface area contributed by atoms with Crippen molar-refractivity contribution < 1.29 is 14.6 Å². The molecule has 1 amide bonds. The zero-order valence-corrected chi connectivity index (χ0v) is 14.9. The molecule has 1 fully saturated rings. The molecular formula is C19H31NO3. The molecule has 0 radical (unpaired) electrons. The topological polar surface area (TPSA) is 49.8 Å². The molecule has 0 spiro atoms. The first-order valence-electron chi connectivity index (χ1n) is 8.44. The van der Waals surface area contributed by atoms with Gasteiger partial charge < -0.3 is 14.7 Å². The van der Waals surface area contributed by atoms with E-state index in [1.807, 2.05) is 41.3 Å². The van der Waals surface area contributed by atoms with Gasteiger partial charge in [0.2, 0.25) is 0 Å². The van der Waals surface area contributed by atoms with Crippen molar-refractivity contribution in [3.05, 3.63) is 36.4 Å². The van der Waals surface area contributed by atoms with Crippen LogP contribution in [0, 0.1) is 5.41 Å². The van der Waals surface area contributed by atoms with Gasteiger partial charge in [-0.1, -0.05) is 57.2 Å². The van der Waals surface area contributed by atoms with E-state index in [9.17, 15) is 4.79 Å². The van der Waals surface area contributed by atoms with Gasteiger partial charge in [0.1, 0.15) is 6.10 Å². The van der Waals surface area contributed by atoms with E-state index in [-0.39, 0.29) is 30.3 Å². The Hall–Kier alpha value is -1.55. The number of hydrogen-bond donors (Lipinski definition) is 1. The van der Waals surface area contributed by atoms with Crippen molar-refractivity contribution in [3.63, 3.8) is 0 Å². The maximum atomic E-state index is 11.9. The number of carbonyl (C=O) groups excluding carboxylic acids is 1. The van der Waals surface area contributed by atoms with Crippen LogP contribution in [0.5, 0.6) is 0 Å². The van der Waals surface area contributed by atoms with Gasteiger partial charge in [-0.05, 0) is 25.2 Å². The smallest absolute Gasteiger partial charge is 0.410 e. The SMILES string of the molecule is CC(N1CCC(CCCO)OC1=O)C(C)(C)C.c1ccccc1. The fourth-order valence-corrected chi connectivity index (χ4v) is 2.37. The molecular weight excluding hydrogens is 290 g/mol. The molecule has 2 atom stereocenters. The van der Waals surface area contributed by atoms with Crippen LogP contribution in [0.25, 0.3) is 0 Å². The molecule has 0 saturated carbocycles. The number of hydrogen-bond acceptors (Lipinski definition) is 3. The molecule has 0 aliphatic carbocycles. The molecule has 2 rings (SSSR count). The summed E-state index contributed by atoms with van der Waals surface area (Å²) in [6.07, 6.45) is 2.11. The summed E-state index contributed by atoms with van der Waals surface area (Å²) in [5.41, 5.74) is 0.0664. The molecule has 1 aliphatic rings. The van der Waals surface area contributed by atoms with E-state index in [2.05, 4.69) is 27.7 Å². The summed E-state index contributed by atoms with van der Waals surface area (Å²) in [5, 5.41) is 8.76. The van der Waals surface area contributed by atoms with Crippen LogP contribution in [0.3, 0.4) is 0 Å². The van der Waals surface area contributed by atoms with Crippen molar-refractivity contribution >= 4 is 6.09 Å². The Morgan fingerprint density at radius 2 is 1.74 bits per heavy atom. The fourth-order valence-electron chi connectivity index (χ4n) is 2.37. The summed E-state index contributed by atoms with van der Waals surface area (Å²) in [5.74, 6) is 0. The average molecular weight is 321 g/mol. The number of carbonyl (C=O) groups is 1. The number of cyclic esters (lactones) is 1. The number of aliphatic hydroxyl groups is 1. The van der Waals surface area contributed by atoms with Crippen LogP contribution in [0.2, 0.25) is 0 Å². The Balaban J connectivity index is 0.000000366. The first-order chi connectivity index (χ1) is 10.9. The van der Waals surface area contributed by atoms with Gasteiger partial charge in [-0.15, -0.1) is 0 Å². The lowest BCUT2D eigenvalue weighted by Crippen LogP contribution is -2.50. The Kier molecular flexibility index (Phi) is 8.10. The van der Waals surface area contributed by atoms with Crippen molar-refractivity contribution in [1.82, 2.24) is 4.90 Å². The lowest BCUT2D eigenvalue weighted by atomic mass is 9.86. The minimum Gasteiger partial charge on any atom is -0.446 e. The molecule has 1 saturated heterocycles. The van der Waals surface area contributed by atoms with Gasteiger partial charge in [0, 0.05) is 25.6 Å². The summed E-state index contributed by atoms with van der Waals surface area (Å²) >= 11 is 0. The Bertz CT molecular complexity index is 415. The zero-order chi connectivity index (χ0) is 17.3. The van der Waals surface area contributed by atoms with E-state index >= 15 is 0 Å².